The number of benzene rings is 1. The quantitative estimate of drug-likeness (QED) is 0.381. The van der Waals surface area contributed by atoms with Crippen molar-refractivity contribution in [1.82, 2.24) is 14.3 Å². The van der Waals surface area contributed by atoms with Crippen molar-refractivity contribution in [1.29, 1.82) is 0 Å². The van der Waals surface area contributed by atoms with Gasteiger partial charge >= 0.3 is 0 Å². The third-order valence-corrected chi connectivity index (χ3v) is 7.85. The maximum atomic E-state index is 13.5. The standard InChI is InChI=1S/C26H26N4O3S2/c1-16-8-7-13-29-23(16)28-22(27-15-20(31)17-9-3-2-4-10-17)19(24(29)32)14-21-25(33)30(26(34)35-21)18-11-5-6-12-18/h2-4,7-10,13-14,18,20,27,31H,5-6,11-12,15H2,1H3/b21-14-. The van der Waals surface area contributed by atoms with Gasteiger partial charge < -0.3 is 10.4 Å². The Morgan fingerprint density at radius 2 is 1.94 bits per heavy atom. The second kappa shape index (κ2) is 9.93. The lowest BCUT2D eigenvalue weighted by molar-refractivity contribution is -0.123. The van der Waals surface area contributed by atoms with Crippen LogP contribution in [0, 0.1) is 6.92 Å². The summed E-state index contributed by atoms with van der Waals surface area (Å²) in [5.41, 5.74) is 2.09. The summed E-state index contributed by atoms with van der Waals surface area (Å²) < 4.78 is 2.02. The van der Waals surface area contributed by atoms with E-state index >= 15 is 0 Å². The zero-order chi connectivity index (χ0) is 24.5. The van der Waals surface area contributed by atoms with E-state index in [9.17, 15) is 14.7 Å². The summed E-state index contributed by atoms with van der Waals surface area (Å²) >= 11 is 6.75. The minimum Gasteiger partial charge on any atom is -0.387 e. The van der Waals surface area contributed by atoms with Crippen LogP contribution in [0.1, 0.15) is 48.5 Å². The van der Waals surface area contributed by atoms with Gasteiger partial charge in [0, 0.05) is 18.8 Å². The van der Waals surface area contributed by atoms with Crippen molar-refractivity contribution in [2.75, 3.05) is 11.9 Å². The molecular weight excluding hydrogens is 480 g/mol. The summed E-state index contributed by atoms with van der Waals surface area (Å²) in [4.78, 5) is 33.6. The fraction of sp³-hybridized carbons (Fsp3) is 0.308. The van der Waals surface area contributed by atoms with E-state index in [0.717, 1.165) is 36.8 Å². The van der Waals surface area contributed by atoms with Crippen LogP contribution in [0.25, 0.3) is 11.7 Å². The molecule has 1 unspecified atom stereocenters. The van der Waals surface area contributed by atoms with E-state index in [-0.39, 0.29) is 29.6 Å². The number of hydrogen-bond donors (Lipinski definition) is 2. The van der Waals surface area contributed by atoms with E-state index in [4.69, 9.17) is 17.2 Å². The molecule has 1 saturated carbocycles. The van der Waals surface area contributed by atoms with Crippen molar-refractivity contribution < 1.29 is 9.90 Å². The van der Waals surface area contributed by atoms with Gasteiger partial charge in [0.25, 0.3) is 11.5 Å². The Balaban J connectivity index is 1.53. The molecule has 9 heteroatoms. The number of nitrogens with one attached hydrogen (secondary N) is 1. The topological polar surface area (TPSA) is 86.9 Å². The second-order valence-electron chi connectivity index (χ2n) is 8.86. The van der Waals surface area contributed by atoms with Crippen LogP contribution in [0.3, 0.4) is 0 Å². The molecule has 180 valence electrons. The summed E-state index contributed by atoms with van der Waals surface area (Å²) in [5, 5.41) is 13.8. The number of fused-ring (bicyclic) bond motifs is 1. The average Bonchev–Trinajstić information content (AvgIpc) is 3.48. The van der Waals surface area contributed by atoms with Crippen LogP contribution in [0.2, 0.25) is 0 Å². The number of pyridine rings is 1. The molecule has 5 rings (SSSR count). The fourth-order valence-corrected chi connectivity index (χ4v) is 6.03. The Kier molecular flexibility index (Phi) is 6.73. The van der Waals surface area contributed by atoms with Crippen LogP contribution >= 0.6 is 24.0 Å². The Hall–Kier alpha value is -3.01. The summed E-state index contributed by atoms with van der Waals surface area (Å²) in [7, 11) is 0. The van der Waals surface area contributed by atoms with Crippen LogP contribution in [0.5, 0.6) is 0 Å². The number of thioether (sulfide) groups is 1. The van der Waals surface area contributed by atoms with Crippen LogP contribution in [-0.4, -0.2) is 42.2 Å². The number of hydrogen-bond acceptors (Lipinski definition) is 7. The van der Waals surface area contributed by atoms with Crippen LogP contribution in [-0.2, 0) is 4.79 Å². The highest BCUT2D eigenvalue weighted by Gasteiger charge is 2.38. The van der Waals surface area contributed by atoms with Gasteiger partial charge in [0.15, 0.2) is 0 Å². The van der Waals surface area contributed by atoms with Crippen molar-refractivity contribution in [2.45, 2.75) is 44.8 Å². The number of nitrogens with zero attached hydrogens (tertiary/aromatic N) is 3. The summed E-state index contributed by atoms with van der Waals surface area (Å²) in [5.74, 6) is 0.168. The van der Waals surface area contributed by atoms with E-state index < -0.39 is 6.10 Å². The predicted octanol–water partition coefficient (Wildman–Crippen LogP) is 4.29. The first-order chi connectivity index (χ1) is 16.9. The average molecular weight is 507 g/mol. The normalized spacial score (nSPS) is 18.7. The number of thiocarbonyl (C=S) groups is 1. The van der Waals surface area contributed by atoms with Gasteiger partial charge in [-0.25, -0.2) is 4.98 Å². The van der Waals surface area contributed by atoms with Crippen LogP contribution in [0.15, 0.2) is 58.4 Å². The highest BCUT2D eigenvalue weighted by molar-refractivity contribution is 8.26. The SMILES string of the molecule is Cc1cccn2c(=O)c(/C=C3\SC(=S)N(C4CCCC4)C3=O)c(NCC(O)c3ccccc3)nc12. The fourth-order valence-electron chi connectivity index (χ4n) is 4.65. The molecule has 0 bridgehead atoms. The van der Waals surface area contributed by atoms with Crippen molar-refractivity contribution in [3.05, 3.63) is 80.6 Å². The van der Waals surface area contributed by atoms with Gasteiger partial charge in [-0.2, -0.15) is 0 Å². The first kappa shape index (κ1) is 23.7. The van der Waals surface area contributed by atoms with E-state index in [1.165, 1.54) is 16.2 Å². The van der Waals surface area contributed by atoms with Crippen molar-refractivity contribution in [3.8, 4) is 0 Å². The van der Waals surface area contributed by atoms with Gasteiger partial charge in [0.1, 0.15) is 15.8 Å². The lowest BCUT2D eigenvalue weighted by Gasteiger charge is -2.21. The maximum Gasteiger partial charge on any atom is 0.267 e. The molecule has 1 atom stereocenters. The molecule has 3 aromatic rings. The molecule has 2 N–H and O–H groups in total. The number of anilines is 1. The van der Waals surface area contributed by atoms with Crippen LogP contribution < -0.4 is 10.9 Å². The monoisotopic (exact) mass is 506 g/mol. The van der Waals surface area contributed by atoms with E-state index in [0.29, 0.717) is 20.7 Å². The van der Waals surface area contributed by atoms with Gasteiger partial charge in [-0.3, -0.25) is 18.9 Å². The molecule has 0 radical (unpaired) electrons. The molecule has 1 aromatic carbocycles. The van der Waals surface area contributed by atoms with E-state index in [2.05, 4.69) is 5.32 Å². The number of rotatable bonds is 6. The van der Waals surface area contributed by atoms with Gasteiger partial charge in [-0.15, -0.1) is 0 Å². The maximum absolute atomic E-state index is 13.5. The highest BCUT2D eigenvalue weighted by Crippen LogP contribution is 2.38. The van der Waals surface area contributed by atoms with Gasteiger partial charge in [-0.05, 0) is 43.0 Å². The number of aliphatic hydroxyl groups excluding tert-OH is 1. The predicted molar refractivity (Wildman–Crippen MR) is 143 cm³/mol. The Labute approximate surface area is 212 Å². The number of amides is 1. The molecule has 2 fully saturated rings. The highest BCUT2D eigenvalue weighted by atomic mass is 32.2. The van der Waals surface area contributed by atoms with Crippen LogP contribution in [0.4, 0.5) is 5.82 Å². The van der Waals surface area contributed by atoms with E-state index in [1.54, 1.807) is 23.2 Å². The minimum atomic E-state index is -0.790. The third-order valence-electron chi connectivity index (χ3n) is 6.52. The lowest BCUT2D eigenvalue weighted by Crippen LogP contribution is -2.36. The Morgan fingerprint density at radius 3 is 2.69 bits per heavy atom. The molecule has 7 nitrogen and oxygen atoms in total. The smallest absolute Gasteiger partial charge is 0.267 e. The largest absolute Gasteiger partial charge is 0.387 e. The Morgan fingerprint density at radius 1 is 1.20 bits per heavy atom. The molecule has 35 heavy (non-hydrogen) atoms. The third kappa shape index (κ3) is 4.63. The minimum absolute atomic E-state index is 0.130. The first-order valence-corrected chi connectivity index (χ1v) is 12.9. The van der Waals surface area contributed by atoms with Crippen molar-refractivity contribution >= 4 is 51.7 Å². The second-order valence-corrected chi connectivity index (χ2v) is 10.5. The molecule has 1 aliphatic heterocycles. The summed E-state index contributed by atoms with van der Waals surface area (Å²) in [6, 6.07) is 13.1. The van der Waals surface area contributed by atoms with E-state index in [1.807, 2.05) is 43.3 Å². The number of carbonyl (C=O) groups excluding carboxylic acids is 1. The van der Waals surface area contributed by atoms with Gasteiger partial charge in [0.2, 0.25) is 0 Å². The van der Waals surface area contributed by atoms with Crippen molar-refractivity contribution in [2.24, 2.45) is 0 Å². The number of aliphatic hydroxyl groups is 1. The van der Waals surface area contributed by atoms with Gasteiger partial charge in [0.05, 0.1) is 16.6 Å². The Bertz CT molecular complexity index is 1380. The van der Waals surface area contributed by atoms with Gasteiger partial charge in [-0.1, -0.05) is 73.2 Å². The zero-order valence-corrected chi connectivity index (χ0v) is 20.9. The zero-order valence-electron chi connectivity index (χ0n) is 19.3. The first-order valence-electron chi connectivity index (χ1n) is 11.7. The number of aromatic nitrogens is 2. The summed E-state index contributed by atoms with van der Waals surface area (Å²) in [6.07, 6.45) is 6.55. The summed E-state index contributed by atoms with van der Waals surface area (Å²) in [6.45, 7) is 2.04. The molecule has 2 aromatic heterocycles. The molecule has 3 heterocycles. The lowest BCUT2D eigenvalue weighted by atomic mass is 10.1. The number of carbonyl (C=O) groups is 1. The molecular formula is C26H26N4O3S2. The molecule has 1 saturated heterocycles. The molecule has 1 amide bonds. The molecule has 0 spiro atoms. The van der Waals surface area contributed by atoms with Crippen molar-refractivity contribution in [3.63, 3.8) is 0 Å². The molecule has 2 aliphatic rings. The number of aryl methyl sites for hydroxylation is 1. The molecule has 1 aliphatic carbocycles.